The van der Waals surface area contributed by atoms with Crippen molar-refractivity contribution in [2.24, 2.45) is 10.7 Å². The quantitative estimate of drug-likeness (QED) is 0.454. The second-order valence-electron chi connectivity index (χ2n) is 2.45. The van der Waals surface area contributed by atoms with Crippen molar-refractivity contribution in [2.45, 2.75) is 32.6 Å². The Hall–Kier alpha value is -0.860. The zero-order valence-electron chi connectivity index (χ0n) is 7.05. The fourth-order valence-electron chi connectivity index (χ4n) is 0.653. The van der Waals surface area contributed by atoms with Crippen molar-refractivity contribution < 1.29 is 4.79 Å². The first-order valence-corrected chi connectivity index (χ1v) is 4.04. The van der Waals surface area contributed by atoms with Gasteiger partial charge in [0.25, 0.3) is 0 Å². The van der Waals surface area contributed by atoms with Gasteiger partial charge in [0.05, 0.1) is 0 Å². The highest BCUT2D eigenvalue weighted by Gasteiger charge is 1.88. The normalized spacial score (nSPS) is 10.6. The van der Waals surface area contributed by atoms with E-state index in [4.69, 9.17) is 5.73 Å². The van der Waals surface area contributed by atoms with E-state index in [0.717, 1.165) is 6.42 Å². The van der Waals surface area contributed by atoms with Gasteiger partial charge in [0, 0.05) is 13.0 Å². The smallest absolute Gasteiger partial charge is 0.219 e. The van der Waals surface area contributed by atoms with Gasteiger partial charge in [-0.2, -0.15) is 0 Å². The first-order valence-electron chi connectivity index (χ1n) is 4.04. The maximum atomic E-state index is 10.2. The predicted molar refractivity (Wildman–Crippen MR) is 46.7 cm³/mol. The zero-order valence-corrected chi connectivity index (χ0v) is 7.05. The van der Waals surface area contributed by atoms with Crippen LogP contribution in [0.3, 0.4) is 0 Å². The first kappa shape index (κ1) is 10.1. The van der Waals surface area contributed by atoms with Crippen LogP contribution in [0.5, 0.6) is 0 Å². The van der Waals surface area contributed by atoms with Gasteiger partial charge in [-0.3, -0.25) is 9.79 Å². The highest BCUT2D eigenvalue weighted by molar-refractivity contribution is 5.74. The molecule has 0 aromatic heterocycles. The summed E-state index contributed by atoms with van der Waals surface area (Å²) in [5, 5.41) is 0. The van der Waals surface area contributed by atoms with Gasteiger partial charge in [0.1, 0.15) is 0 Å². The Morgan fingerprint density at radius 2 is 2.36 bits per heavy atom. The maximum absolute atomic E-state index is 10.2. The molecule has 0 aliphatic heterocycles. The molecule has 0 aliphatic rings. The number of carbonyl (C=O) groups excluding carboxylic acids is 1. The molecule has 0 radical (unpaired) electrons. The monoisotopic (exact) mass is 156 g/mol. The van der Waals surface area contributed by atoms with Gasteiger partial charge in [-0.15, -0.1) is 0 Å². The summed E-state index contributed by atoms with van der Waals surface area (Å²) in [4.78, 5) is 14.3. The zero-order chi connectivity index (χ0) is 8.53. The number of hydrogen-bond acceptors (Lipinski definition) is 2. The number of hydrogen-bond donors (Lipinski definition) is 1. The van der Waals surface area contributed by atoms with Crippen molar-refractivity contribution in [1.29, 1.82) is 0 Å². The lowest BCUT2D eigenvalue weighted by Crippen LogP contribution is -2.11. The molecule has 1 amide bonds. The third-order valence-corrected chi connectivity index (χ3v) is 1.30. The van der Waals surface area contributed by atoms with Crippen molar-refractivity contribution in [2.75, 3.05) is 6.54 Å². The van der Waals surface area contributed by atoms with Gasteiger partial charge in [0.2, 0.25) is 5.91 Å². The Kier molecular flexibility index (Phi) is 6.68. The number of nitrogens with zero attached hydrogens (tertiary/aromatic N) is 1. The van der Waals surface area contributed by atoms with Crippen LogP contribution in [0.15, 0.2) is 4.99 Å². The fourth-order valence-corrected chi connectivity index (χ4v) is 0.653. The number of primary amides is 1. The Morgan fingerprint density at radius 3 is 2.91 bits per heavy atom. The van der Waals surface area contributed by atoms with Crippen LogP contribution in [0.4, 0.5) is 0 Å². The number of carbonyl (C=O) groups is 1. The first-order chi connectivity index (χ1) is 5.27. The van der Waals surface area contributed by atoms with Crippen LogP contribution in [0.2, 0.25) is 0 Å². The Morgan fingerprint density at radius 1 is 1.64 bits per heavy atom. The molecule has 0 saturated carbocycles. The maximum Gasteiger partial charge on any atom is 0.219 e. The minimum absolute atomic E-state index is 0.280. The third-order valence-electron chi connectivity index (χ3n) is 1.30. The van der Waals surface area contributed by atoms with Crippen LogP contribution < -0.4 is 5.73 Å². The number of unbranched alkanes of at least 4 members (excludes halogenated alkanes) is 2. The minimum atomic E-state index is -0.280. The predicted octanol–water partition coefficient (Wildman–Crippen LogP) is 1.12. The molecule has 0 fully saturated rings. The summed E-state index contributed by atoms with van der Waals surface area (Å²) in [6, 6.07) is 0. The Balaban J connectivity index is 3.10. The van der Waals surface area contributed by atoms with Crippen LogP contribution in [-0.2, 0) is 4.79 Å². The van der Waals surface area contributed by atoms with Crippen molar-refractivity contribution >= 4 is 12.1 Å². The molecule has 0 bridgehead atoms. The molecule has 0 heterocycles. The van der Waals surface area contributed by atoms with Gasteiger partial charge < -0.3 is 5.73 Å². The topological polar surface area (TPSA) is 55.4 Å². The summed E-state index contributed by atoms with van der Waals surface area (Å²) in [5.74, 6) is -0.280. The van der Waals surface area contributed by atoms with Crippen LogP contribution in [0.25, 0.3) is 0 Å². The fraction of sp³-hybridized carbons (Fsp3) is 0.750. The molecule has 3 nitrogen and oxygen atoms in total. The van der Waals surface area contributed by atoms with Crippen LogP contribution in [-0.4, -0.2) is 18.7 Å². The van der Waals surface area contributed by atoms with Gasteiger partial charge in [-0.05, 0) is 19.1 Å². The van der Waals surface area contributed by atoms with Gasteiger partial charge >= 0.3 is 0 Å². The third kappa shape index (κ3) is 9.14. The van der Waals surface area contributed by atoms with Crippen molar-refractivity contribution in [1.82, 2.24) is 0 Å². The van der Waals surface area contributed by atoms with Crippen molar-refractivity contribution in [3.05, 3.63) is 0 Å². The van der Waals surface area contributed by atoms with Crippen LogP contribution in [0.1, 0.15) is 32.6 Å². The summed E-state index contributed by atoms with van der Waals surface area (Å²) in [5.41, 5.74) is 4.92. The summed E-state index contributed by atoms with van der Waals surface area (Å²) < 4.78 is 0. The molecule has 0 spiro atoms. The molecule has 3 heteroatoms. The number of nitrogens with two attached hydrogens (primary N) is 1. The highest BCUT2D eigenvalue weighted by atomic mass is 16.1. The molecule has 0 aliphatic carbocycles. The van der Waals surface area contributed by atoms with E-state index in [-0.39, 0.29) is 5.91 Å². The van der Waals surface area contributed by atoms with Gasteiger partial charge in [0.15, 0.2) is 0 Å². The molecule has 0 aromatic carbocycles. The van der Waals surface area contributed by atoms with E-state index >= 15 is 0 Å². The Bertz CT molecular complexity index is 132. The van der Waals surface area contributed by atoms with E-state index in [1.54, 1.807) is 0 Å². The molecule has 0 atom stereocenters. The average Bonchev–Trinajstić information content (AvgIpc) is 1.96. The highest BCUT2D eigenvalue weighted by Crippen LogP contribution is 1.90. The average molecular weight is 156 g/mol. The molecule has 0 rings (SSSR count). The Labute approximate surface area is 67.7 Å². The van der Waals surface area contributed by atoms with E-state index in [0.29, 0.717) is 13.0 Å². The lowest BCUT2D eigenvalue weighted by atomic mass is 10.3. The summed E-state index contributed by atoms with van der Waals surface area (Å²) in [7, 11) is 0. The second-order valence-corrected chi connectivity index (χ2v) is 2.45. The van der Waals surface area contributed by atoms with Crippen molar-refractivity contribution in [3.8, 4) is 0 Å². The van der Waals surface area contributed by atoms with Gasteiger partial charge in [-0.1, -0.05) is 13.3 Å². The lowest BCUT2D eigenvalue weighted by Gasteiger charge is -1.89. The van der Waals surface area contributed by atoms with Crippen LogP contribution >= 0.6 is 0 Å². The molecule has 64 valence electrons. The number of rotatable bonds is 6. The summed E-state index contributed by atoms with van der Waals surface area (Å²) in [6.45, 7) is 2.68. The molecule has 2 N–H and O–H groups in total. The molecular formula is C8H16N2O. The standard InChI is InChI=1S/C8H16N2O/c1-2-3-4-6-10-7-5-8(9)11/h6H,2-5,7H2,1H3,(H2,9,11)/b10-6+. The SMILES string of the molecule is CCCC/C=N/CCC(N)=O. The van der Waals surface area contributed by atoms with E-state index in [1.807, 2.05) is 6.21 Å². The van der Waals surface area contributed by atoms with E-state index < -0.39 is 0 Å². The molecule has 0 saturated heterocycles. The minimum Gasteiger partial charge on any atom is -0.370 e. The van der Waals surface area contributed by atoms with Gasteiger partial charge in [-0.25, -0.2) is 0 Å². The van der Waals surface area contributed by atoms with Crippen LogP contribution in [0, 0.1) is 0 Å². The number of aliphatic imine (C=N–C) groups is 1. The number of amides is 1. The molecule has 11 heavy (non-hydrogen) atoms. The molecular weight excluding hydrogens is 140 g/mol. The largest absolute Gasteiger partial charge is 0.370 e. The summed E-state index contributed by atoms with van der Waals surface area (Å²) in [6.07, 6.45) is 5.59. The van der Waals surface area contributed by atoms with E-state index in [1.165, 1.54) is 12.8 Å². The molecule has 0 aromatic rings. The molecule has 0 unspecified atom stereocenters. The summed E-state index contributed by atoms with van der Waals surface area (Å²) >= 11 is 0. The lowest BCUT2D eigenvalue weighted by molar-refractivity contribution is -0.117. The second kappa shape index (κ2) is 7.25. The van der Waals surface area contributed by atoms with E-state index in [2.05, 4.69) is 11.9 Å². The van der Waals surface area contributed by atoms with E-state index in [9.17, 15) is 4.79 Å². The van der Waals surface area contributed by atoms with Crippen molar-refractivity contribution in [3.63, 3.8) is 0 Å².